The molecule has 165 valence electrons. The molecule has 0 saturated carbocycles. The molecule has 2 aromatic carbocycles. The van der Waals surface area contributed by atoms with Crippen LogP contribution in [0.3, 0.4) is 0 Å². The zero-order chi connectivity index (χ0) is 22.6. The van der Waals surface area contributed by atoms with E-state index in [2.05, 4.69) is 17.4 Å². The van der Waals surface area contributed by atoms with Crippen molar-refractivity contribution in [1.82, 2.24) is 9.80 Å². The summed E-state index contributed by atoms with van der Waals surface area (Å²) in [5.74, 6) is -0.160. The topological polar surface area (TPSA) is 90.4 Å². The maximum Gasteiger partial charge on any atom is 0.248 e. The predicted molar refractivity (Wildman–Crippen MR) is 122 cm³/mol. The quantitative estimate of drug-likeness (QED) is 0.732. The van der Waals surface area contributed by atoms with Crippen molar-refractivity contribution in [2.75, 3.05) is 26.2 Å². The number of likely N-dealkylation sites (tertiary alicyclic amines) is 2. The van der Waals surface area contributed by atoms with Gasteiger partial charge in [0.15, 0.2) is 0 Å². The Bertz CT molecular complexity index is 1020. The van der Waals surface area contributed by atoms with Crippen LogP contribution >= 0.6 is 0 Å². The lowest BCUT2D eigenvalue weighted by molar-refractivity contribution is -0.128. The molecule has 6 heteroatoms. The van der Waals surface area contributed by atoms with E-state index in [0.29, 0.717) is 24.1 Å². The number of benzene rings is 2. The SMILES string of the molecule is N#Cc1ccc(CN2CC3(CCN(CC[CH]c4ccccc4C(N)=O)CC3)CC2=O)cc1. The van der Waals surface area contributed by atoms with Crippen molar-refractivity contribution in [3.05, 3.63) is 77.2 Å². The predicted octanol–water partition coefficient (Wildman–Crippen LogP) is 3.11. The van der Waals surface area contributed by atoms with Gasteiger partial charge in [0.1, 0.15) is 0 Å². The zero-order valence-electron chi connectivity index (χ0n) is 18.3. The molecule has 2 fully saturated rings. The third-order valence-corrected chi connectivity index (χ3v) is 6.81. The lowest BCUT2D eigenvalue weighted by atomic mass is 9.77. The van der Waals surface area contributed by atoms with Gasteiger partial charge in [0.25, 0.3) is 0 Å². The smallest absolute Gasteiger partial charge is 0.248 e. The van der Waals surface area contributed by atoms with Gasteiger partial charge < -0.3 is 15.5 Å². The molecule has 2 amide bonds. The van der Waals surface area contributed by atoms with E-state index in [4.69, 9.17) is 11.0 Å². The van der Waals surface area contributed by atoms with E-state index >= 15 is 0 Å². The van der Waals surface area contributed by atoms with Crippen molar-refractivity contribution < 1.29 is 9.59 Å². The number of rotatable bonds is 7. The number of primary amides is 1. The lowest BCUT2D eigenvalue weighted by Gasteiger charge is -2.38. The molecule has 2 N–H and O–H groups in total. The first-order valence-electron chi connectivity index (χ1n) is 11.2. The molecule has 2 heterocycles. The lowest BCUT2D eigenvalue weighted by Crippen LogP contribution is -2.41. The maximum atomic E-state index is 12.7. The van der Waals surface area contributed by atoms with Gasteiger partial charge in [-0.25, -0.2) is 0 Å². The summed E-state index contributed by atoms with van der Waals surface area (Å²) in [4.78, 5) is 28.7. The number of hydrogen-bond donors (Lipinski definition) is 1. The van der Waals surface area contributed by atoms with Crippen molar-refractivity contribution >= 4 is 11.8 Å². The highest BCUT2D eigenvalue weighted by atomic mass is 16.2. The summed E-state index contributed by atoms with van der Waals surface area (Å²) in [6.07, 6.45) is 5.64. The fraction of sp³-hybridized carbons (Fsp3) is 0.385. The van der Waals surface area contributed by atoms with Crippen molar-refractivity contribution in [1.29, 1.82) is 5.26 Å². The standard InChI is InChI=1S/C26H29N4O2/c27-17-20-7-9-21(10-8-20)18-30-19-26(16-24(30)31)11-14-29(15-12-26)13-3-5-22-4-1-2-6-23(22)25(28)32/h1-2,4-10H,3,11-16,18-19H2,(H2,28,32). The minimum atomic E-state index is -0.395. The summed E-state index contributed by atoms with van der Waals surface area (Å²) in [5.41, 5.74) is 8.72. The van der Waals surface area contributed by atoms with Crippen LogP contribution in [0, 0.1) is 23.2 Å². The Morgan fingerprint density at radius 1 is 1.12 bits per heavy atom. The Labute approximate surface area is 189 Å². The summed E-state index contributed by atoms with van der Waals surface area (Å²) in [5, 5.41) is 8.95. The van der Waals surface area contributed by atoms with E-state index in [-0.39, 0.29) is 11.3 Å². The number of nitrogens with two attached hydrogens (primary N) is 1. The molecule has 2 aliphatic rings. The average Bonchev–Trinajstić information content (AvgIpc) is 3.10. The van der Waals surface area contributed by atoms with Crippen LogP contribution in [0.1, 0.15) is 52.7 Å². The average molecular weight is 430 g/mol. The number of carbonyl (C=O) groups is 2. The van der Waals surface area contributed by atoms with Crippen LogP contribution in [0.15, 0.2) is 48.5 Å². The van der Waals surface area contributed by atoms with E-state index in [1.807, 2.05) is 47.4 Å². The third-order valence-electron chi connectivity index (χ3n) is 6.81. The number of piperidine rings is 1. The molecule has 2 aliphatic heterocycles. The van der Waals surface area contributed by atoms with E-state index < -0.39 is 5.91 Å². The Hall–Kier alpha value is -3.17. The molecule has 0 aromatic heterocycles. The molecule has 0 aliphatic carbocycles. The second-order valence-corrected chi connectivity index (χ2v) is 9.02. The van der Waals surface area contributed by atoms with Gasteiger partial charge >= 0.3 is 0 Å². The minimum absolute atomic E-state index is 0.0858. The van der Waals surface area contributed by atoms with E-state index in [9.17, 15) is 9.59 Å². The molecule has 2 saturated heterocycles. The zero-order valence-corrected chi connectivity index (χ0v) is 18.3. The maximum absolute atomic E-state index is 12.7. The summed E-state index contributed by atoms with van der Waals surface area (Å²) in [7, 11) is 0. The highest BCUT2D eigenvalue weighted by Gasteiger charge is 2.44. The monoisotopic (exact) mass is 429 g/mol. The van der Waals surface area contributed by atoms with Gasteiger partial charge in [0, 0.05) is 25.1 Å². The Kier molecular flexibility index (Phi) is 6.57. The van der Waals surface area contributed by atoms with Gasteiger partial charge in [-0.2, -0.15) is 5.26 Å². The summed E-state index contributed by atoms with van der Waals surface area (Å²) in [6.45, 7) is 4.35. The van der Waals surface area contributed by atoms with E-state index in [0.717, 1.165) is 56.6 Å². The fourth-order valence-corrected chi connectivity index (χ4v) is 4.92. The summed E-state index contributed by atoms with van der Waals surface area (Å²) >= 11 is 0. The first kappa shape index (κ1) is 22.0. The number of amides is 2. The second kappa shape index (κ2) is 9.54. The second-order valence-electron chi connectivity index (χ2n) is 9.02. The number of nitrogens with zero attached hydrogens (tertiary/aromatic N) is 3. The van der Waals surface area contributed by atoms with Crippen LogP contribution in [-0.4, -0.2) is 47.8 Å². The highest BCUT2D eigenvalue weighted by Crippen LogP contribution is 2.41. The van der Waals surface area contributed by atoms with Gasteiger partial charge in [-0.15, -0.1) is 0 Å². The van der Waals surface area contributed by atoms with Crippen molar-refractivity contribution in [2.45, 2.75) is 32.2 Å². The Balaban J connectivity index is 1.25. The van der Waals surface area contributed by atoms with Crippen LogP contribution in [0.25, 0.3) is 0 Å². The number of hydrogen-bond acceptors (Lipinski definition) is 4. The fourth-order valence-electron chi connectivity index (χ4n) is 4.92. The van der Waals surface area contributed by atoms with Crippen molar-refractivity contribution in [3.63, 3.8) is 0 Å². The van der Waals surface area contributed by atoms with Crippen LogP contribution in [0.2, 0.25) is 0 Å². The van der Waals surface area contributed by atoms with Crippen LogP contribution < -0.4 is 5.73 Å². The van der Waals surface area contributed by atoms with Crippen LogP contribution in [0.4, 0.5) is 0 Å². The molecule has 2 aromatic rings. The normalized spacial score (nSPS) is 18.1. The molecule has 1 spiro atoms. The summed E-state index contributed by atoms with van der Waals surface area (Å²) < 4.78 is 0. The number of nitriles is 1. The molecule has 0 atom stereocenters. The molecular weight excluding hydrogens is 400 g/mol. The molecule has 4 rings (SSSR count). The molecule has 0 unspecified atom stereocenters. The molecule has 6 nitrogen and oxygen atoms in total. The van der Waals surface area contributed by atoms with Gasteiger partial charge in [0.2, 0.25) is 11.8 Å². The van der Waals surface area contributed by atoms with E-state index in [1.54, 1.807) is 6.07 Å². The molecular formula is C26H29N4O2. The van der Waals surface area contributed by atoms with Crippen LogP contribution in [-0.2, 0) is 11.3 Å². The van der Waals surface area contributed by atoms with Gasteiger partial charge in [-0.3, -0.25) is 9.59 Å². The Morgan fingerprint density at radius 3 is 2.53 bits per heavy atom. The van der Waals surface area contributed by atoms with Crippen molar-refractivity contribution in [3.8, 4) is 6.07 Å². The van der Waals surface area contributed by atoms with Crippen LogP contribution in [0.5, 0.6) is 0 Å². The van der Waals surface area contributed by atoms with Gasteiger partial charge in [0.05, 0.1) is 11.6 Å². The van der Waals surface area contributed by atoms with Gasteiger partial charge in [-0.05, 0) is 80.1 Å². The summed E-state index contributed by atoms with van der Waals surface area (Å²) in [6, 6.07) is 17.1. The Morgan fingerprint density at radius 2 is 1.84 bits per heavy atom. The van der Waals surface area contributed by atoms with E-state index in [1.165, 1.54) is 0 Å². The van der Waals surface area contributed by atoms with Gasteiger partial charge in [-0.1, -0.05) is 30.3 Å². The largest absolute Gasteiger partial charge is 0.366 e. The highest BCUT2D eigenvalue weighted by molar-refractivity contribution is 5.94. The molecule has 0 bridgehead atoms. The molecule has 32 heavy (non-hydrogen) atoms. The third kappa shape index (κ3) is 5.00. The molecule has 1 radical (unpaired) electrons. The van der Waals surface area contributed by atoms with Crippen molar-refractivity contribution in [2.24, 2.45) is 11.1 Å². The minimum Gasteiger partial charge on any atom is -0.366 e. The number of carbonyl (C=O) groups excluding carboxylic acids is 2. The first-order valence-corrected chi connectivity index (χ1v) is 11.2. The first-order chi connectivity index (χ1) is 15.5.